The van der Waals surface area contributed by atoms with Gasteiger partial charge < -0.3 is 18.9 Å². The minimum absolute atomic E-state index is 0.0614. The normalized spacial score (nSPS) is 16.0. The van der Waals surface area contributed by atoms with E-state index in [2.05, 4.69) is 9.80 Å². The number of nitro benzene ring substituents is 2. The number of benzene rings is 4. The maximum atomic E-state index is 11.1. The summed E-state index contributed by atoms with van der Waals surface area (Å²) in [5.74, 6) is 1.53. The third kappa shape index (κ3) is 10.6. The van der Waals surface area contributed by atoms with Crippen molar-refractivity contribution in [3.8, 4) is 11.5 Å². The molecule has 0 aliphatic carbocycles. The van der Waals surface area contributed by atoms with Crippen LogP contribution in [0.5, 0.6) is 11.5 Å². The van der Waals surface area contributed by atoms with E-state index in [1.54, 1.807) is 24.3 Å². The third-order valence-electron chi connectivity index (χ3n) is 7.91. The number of fused-ring (bicyclic) bond motifs is 2. The highest BCUT2D eigenvalue weighted by atomic mass is 16.6. The second-order valence-corrected chi connectivity index (χ2v) is 11.4. The van der Waals surface area contributed by atoms with Gasteiger partial charge in [-0.15, -0.1) is 0 Å². The molecule has 0 unspecified atom stereocenters. The number of rotatable bonds is 6. The van der Waals surface area contributed by atoms with Crippen LogP contribution in [0.1, 0.15) is 22.3 Å². The van der Waals surface area contributed by atoms with E-state index in [9.17, 15) is 20.2 Å². The summed E-state index contributed by atoms with van der Waals surface area (Å²) in [4.78, 5) is 25.9. The van der Waals surface area contributed by atoms with Crippen LogP contribution in [-0.2, 0) is 35.7 Å². The topological polar surface area (TPSA) is 130 Å². The Labute approximate surface area is 279 Å². The van der Waals surface area contributed by atoms with E-state index in [0.717, 1.165) is 33.8 Å². The molecule has 1 aliphatic heterocycles. The second-order valence-electron chi connectivity index (χ2n) is 11.4. The van der Waals surface area contributed by atoms with Crippen molar-refractivity contribution >= 4 is 11.4 Å². The van der Waals surface area contributed by atoms with Gasteiger partial charge in [0.2, 0.25) is 0 Å². The van der Waals surface area contributed by atoms with E-state index in [-0.39, 0.29) is 11.4 Å². The van der Waals surface area contributed by atoms with Gasteiger partial charge in [-0.05, 0) is 23.3 Å². The van der Waals surface area contributed by atoms with Crippen LogP contribution in [0.15, 0.2) is 97.1 Å². The number of non-ortho nitro benzene ring substituents is 2. The molecule has 0 fully saturated rings. The zero-order valence-corrected chi connectivity index (χ0v) is 26.8. The molecule has 12 heteroatoms. The number of ether oxygens (including phenoxy) is 4. The summed E-state index contributed by atoms with van der Waals surface area (Å²) >= 11 is 0. The average Bonchev–Trinajstić information content (AvgIpc) is 3.09. The monoisotopic (exact) mass is 656 g/mol. The van der Waals surface area contributed by atoms with Gasteiger partial charge in [0, 0.05) is 74.7 Å². The molecule has 0 aromatic heterocycles. The quantitative estimate of drug-likeness (QED) is 0.180. The van der Waals surface area contributed by atoms with Crippen molar-refractivity contribution in [2.75, 3.05) is 52.7 Å². The minimum atomic E-state index is -0.396. The third-order valence-corrected chi connectivity index (χ3v) is 7.91. The Morgan fingerprint density at radius 1 is 0.521 bits per heavy atom. The molecule has 0 atom stereocenters. The maximum absolute atomic E-state index is 11.1. The Morgan fingerprint density at radius 2 is 0.917 bits per heavy atom. The fourth-order valence-corrected chi connectivity index (χ4v) is 5.44. The van der Waals surface area contributed by atoms with Crippen LogP contribution in [0, 0.1) is 20.2 Å². The molecule has 0 N–H and O–H groups in total. The molecule has 48 heavy (non-hydrogen) atoms. The number of hydrogen-bond donors (Lipinski definition) is 0. The van der Waals surface area contributed by atoms with Gasteiger partial charge in [-0.25, -0.2) is 0 Å². The Kier molecular flexibility index (Phi) is 12.8. The molecule has 4 aromatic carbocycles. The lowest BCUT2D eigenvalue weighted by atomic mass is 10.1. The van der Waals surface area contributed by atoms with Crippen molar-refractivity contribution in [1.29, 1.82) is 0 Å². The van der Waals surface area contributed by atoms with E-state index in [1.165, 1.54) is 24.3 Å². The van der Waals surface area contributed by atoms with Gasteiger partial charge in [-0.2, -0.15) is 0 Å². The number of nitrogens with zero attached hydrogens (tertiary/aromatic N) is 4. The van der Waals surface area contributed by atoms with Crippen molar-refractivity contribution in [3.63, 3.8) is 0 Å². The van der Waals surface area contributed by atoms with Gasteiger partial charge in [0.25, 0.3) is 11.4 Å². The summed E-state index contributed by atoms with van der Waals surface area (Å²) < 4.78 is 24.3. The van der Waals surface area contributed by atoms with Gasteiger partial charge in [-0.3, -0.25) is 30.0 Å². The molecular formula is C36H40N4O8. The molecule has 0 amide bonds. The molecule has 0 bridgehead atoms. The van der Waals surface area contributed by atoms with E-state index in [0.29, 0.717) is 78.9 Å². The summed E-state index contributed by atoms with van der Waals surface area (Å²) in [6, 6.07) is 29.1. The molecule has 252 valence electrons. The van der Waals surface area contributed by atoms with E-state index < -0.39 is 9.85 Å². The minimum Gasteiger partial charge on any atom is -0.490 e. The van der Waals surface area contributed by atoms with Crippen molar-refractivity contribution in [3.05, 3.63) is 140 Å². The largest absolute Gasteiger partial charge is 0.490 e. The van der Waals surface area contributed by atoms with Crippen LogP contribution >= 0.6 is 0 Å². The van der Waals surface area contributed by atoms with Gasteiger partial charge in [-0.1, -0.05) is 60.7 Å². The summed E-state index contributed by atoms with van der Waals surface area (Å²) in [5.41, 5.74) is 4.07. The predicted molar refractivity (Wildman–Crippen MR) is 180 cm³/mol. The highest BCUT2D eigenvalue weighted by Gasteiger charge is 2.15. The standard InChI is InChI=1S/C36H40N4O8/c41-39(42)33-13-9-29(10-14-33)25-37-17-19-45-21-22-46-20-18-38(26-30-11-15-34(16-12-30)40(43)44)28-32-6-2-4-8-36(32)48-24-23-47-35-7-3-1-5-31(35)27-37/h1-16H,17-28H2. The lowest BCUT2D eigenvalue weighted by Gasteiger charge is -2.25. The van der Waals surface area contributed by atoms with E-state index in [1.807, 2.05) is 48.5 Å². The second kappa shape index (κ2) is 17.9. The highest BCUT2D eigenvalue weighted by Crippen LogP contribution is 2.24. The Balaban J connectivity index is 1.29. The van der Waals surface area contributed by atoms with Crippen molar-refractivity contribution in [1.82, 2.24) is 9.80 Å². The molecule has 4 aromatic rings. The lowest BCUT2D eigenvalue weighted by molar-refractivity contribution is -0.385. The lowest BCUT2D eigenvalue weighted by Crippen LogP contribution is -2.29. The van der Waals surface area contributed by atoms with Gasteiger partial charge in [0.15, 0.2) is 0 Å². The highest BCUT2D eigenvalue weighted by molar-refractivity contribution is 5.36. The van der Waals surface area contributed by atoms with Gasteiger partial charge in [0.05, 0.1) is 36.3 Å². The molecule has 0 spiro atoms. The van der Waals surface area contributed by atoms with Crippen LogP contribution in [0.25, 0.3) is 0 Å². The van der Waals surface area contributed by atoms with Gasteiger partial charge >= 0.3 is 0 Å². The molecular weight excluding hydrogens is 616 g/mol. The van der Waals surface area contributed by atoms with Crippen molar-refractivity contribution in [2.24, 2.45) is 0 Å². The average molecular weight is 657 g/mol. The smallest absolute Gasteiger partial charge is 0.269 e. The van der Waals surface area contributed by atoms with Crippen LogP contribution in [0.4, 0.5) is 11.4 Å². The maximum Gasteiger partial charge on any atom is 0.269 e. The number of hydrogen-bond acceptors (Lipinski definition) is 10. The first-order chi connectivity index (χ1) is 23.4. The van der Waals surface area contributed by atoms with Crippen molar-refractivity contribution in [2.45, 2.75) is 26.2 Å². The molecule has 0 saturated carbocycles. The van der Waals surface area contributed by atoms with Crippen LogP contribution < -0.4 is 9.47 Å². The molecule has 0 radical (unpaired) electrons. The Bertz CT molecular complexity index is 1500. The zero-order chi connectivity index (χ0) is 33.6. The molecule has 0 saturated heterocycles. The number of para-hydroxylation sites is 2. The Hall–Kier alpha value is -4.88. The van der Waals surface area contributed by atoms with E-state index >= 15 is 0 Å². The molecule has 12 nitrogen and oxygen atoms in total. The molecule has 1 aliphatic rings. The fraction of sp³-hybridized carbons (Fsp3) is 0.333. The van der Waals surface area contributed by atoms with Crippen LogP contribution in [-0.4, -0.2) is 72.4 Å². The Morgan fingerprint density at radius 3 is 1.31 bits per heavy atom. The predicted octanol–water partition coefficient (Wildman–Crippen LogP) is 6.01. The van der Waals surface area contributed by atoms with E-state index in [4.69, 9.17) is 18.9 Å². The zero-order valence-electron chi connectivity index (χ0n) is 26.8. The number of nitro groups is 2. The van der Waals surface area contributed by atoms with Crippen LogP contribution in [0.3, 0.4) is 0 Å². The first kappa shape index (κ1) is 34.5. The molecule has 1 heterocycles. The summed E-state index contributed by atoms with van der Waals surface area (Å²) in [6.45, 7) is 6.15. The first-order valence-electron chi connectivity index (χ1n) is 15.9. The SMILES string of the molecule is O=[N+]([O-])c1ccc(CN2CCOCCOCCN(Cc3ccc([N+](=O)[O-])cc3)Cc3ccccc3OCCOc3ccccc3C2)cc1. The first-order valence-corrected chi connectivity index (χ1v) is 15.9. The fourth-order valence-electron chi connectivity index (χ4n) is 5.44. The van der Waals surface area contributed by atoms with Crippen molar-refractivity contribution < 1.29 is 28.8 Å². The summed E-state index contributed by atoms with van der Waals surface area (Å²) in [7, 11) is 0. The summed E-state index contributed by atoms with van der Waals surface area (Å²) in [5, 5.41) is 22.3. The molecule has 5 rings (SSSR count). The van der Waals surface area contributed by atoms with Gasteiger partial charge in [0.1, 0.15) is 24.7 Å². The van der Waals surface area contributed by atoms with Crippen LogP contribution in [0.2, 0.25) is 0 Å². The summed E-state index contributed by atoms with van der Waals surface area (Å²) in [6.07, 6.45) is 0.